The number of carbonyl (C=O) groups is 3. The predicted octanol–water partition coefficient (Wildman–Crippen LogP) is 4.78. The Hall–Kier alpha value is -2.56. The van der Waals surface area contributed by atoms with Crippen molar-refractivity contribution >= 4 is 35.3 Å². The molecular formula is C29H41NO8S. The second-order valence-electron chi connectivity index (χ2n) is 11.5. The molecular weight excluding hydrogens is 522 g/mol. The van der Waals surface area contributed by atoms with Crippen LogP contribution >= 0.6 is 11.3 Å². The van der Waals surface area contributed by atoms with Gasteiger partial charge in [-0.3, -0.25) is 9.59 Å². The molecule has 3 rings (SSSR count). The lowest BCUT2D eigenvalue weighted by Crippen LogP contribution is -2.46. The number of rotatable bonds is 2. The van der Waals surface area contributed by atoms with Gasteiger partial charge in [-0.15, -0.1) is 11.3 Å². The maximum atomic E-state index is 13.4. The van der Waals surface area contributed by atoms with Gasteiger partial charge in [0.15, 0.2) is 0 Å². The normalized spacial score (nSPS) is 34.7. The van der Waals surface area contributed by atoms with Crippen LogP contribution in [-0.2, 0) is 23.8 Å². The quantitative estimate of drug-likeness (QED) is 0.385. The molecule has 1 aromatic heterocycles. The van der Waals surface area contributed by atoms with Crippen LogP contribution in [0.5, 0.6) is 0 Å². The van der Waals surface area contributed by atoms with Crippen molar-refractivity contribution in [3.63, 3.8) is 0 Å². The molecule has 1 aromatic rings. The van der Waals surface area contributed by atoms with Gasteiger partial charge in [0, 0.05) is 24.1 Å². The fourth-order valence-electron chi connectivity index (χ4n) is 5.13. The van der Waals surface area contributed by atoms with Crippen LogP contribution in [0.1, 0.15) is 77.9 Å². The lowest BCUT2D eigenvalue weighted by molar-refractivity contribution is -0.154. The molecule has 7 atom stereocenters. The van der Waals surface area contributed by atoms with Gasteiger partial charge < -0.3 is 24.4 Å². The maximum Gasteiger partial charge on any atom is 0.509 e. The topological polar surface area (TPSA) is 132 Å². The lowest BCUT2D eigenvalue weighted by atomic mass is 9.73. The van der Waals surface area contributed by atoms with Gasteiger partial charge >= 0.3 is 12.1 Å². The second-order valence-corrected chi connectivity index (χ2v) is 12.6. The Morgan fingerprint density at radius 1 is 1.08 bits per heavy atom. The molecule has 0 radical (unpaired) electrons. The molecule has 10 heteroatoms. The molecule has 2 aliphatic heterocycles. The summed E-state index contributed by atoms with van der Waals surface area (Å²) < 4.78 is 16.7. The number of hydrogen-bond acceptors (Lipinski definition) is 10. The molecule has 0 amide bonds. The number of aromatic nitrogens is 1. The molecule has 1 fully saturated rings. The molecule has 0 spiro atoms. The molecule has 2 N–H and O–H groups in total. The number of ketones is 1. The zero-order valence-electron chi connectivity index (χ0n) is 23.8. The van der Waals surface area contributed by atoms with Crippen LogP contribution in [0.3, 0.4) is 0 Å². The average molecular weight is 564 g/mol. The number of Topliss-reactive ketones (excluding diaryl/α,β-unsaturated/α-hetero) is 1. The van der Waals surface area contributed by atoms with Gasteiger partial charge in [-0.25, -0.2) is 9.78 Å². The molecule has 2 unspecified atom stereocenters. The summed E-state index contributed by atoms with van der Waals surface area (Å²) in [6.07, 6.45) is -0.348. The Kier molecular flexibility index (Phi) is 10.1. The van der Waals surface area contributed by atoms with E-state index in [1.165, 1.54) is 11.3 Å². The molecule has 0 bridgehead atoms. The Morgan fingerprint density at radius 3 is 2.38 bits per heavy atom. The minimum atomic E-state index is -1.31. The van der Waals surface area contributed by atoms with E-state index in [0.717, 1.165) is 21.8 Å². The van der Waals surface area contributed by atoms with E-state index < -0.39 is 59.9 Å². The Bertz CT molecular complexity index is 1120. The Balaban J connectivity index is 1.94. The largest absolute Gasteiger partial charge is 0.509 e. The van der Waals surface area contributed by atoms with Crippen molar-refractivity contribution in [2.24, 2.45) is 17.3 Å². The summed E-state index contributed by atoms with van der Waals surface area (Å²) in [6.45, 7) is 12.2. The zero-order chi connectivity index (χ0) is 29.1. The highest BCUT2D eigenvalue weighted by molar-refractivity contribution is 7.09. The number of aliphatic hydroxyl groups is 2. The average Bonchev–Trinajstić information content (AvgIpc) is 3.42. The first-order chi connectivity index (χ1) is 18.2. The van der Waals surface area contributed by atoms with Crippen LogP contribution in [0.4, 0.5) is 4.79 Å². The molecule has 3 heterocycles. The van der Waals surface area contributed by atoms with Crippen molar-refractivity contribution in [2.45, 2.75) is 105 Å². The summed E-state index contributed by atoms with van der Waals surface area (Å²) in [5.74, 6) is -2.22. The Morgan fingerprint density at radius 2 is 1.74 bits per heavy atom. The third kappa shape index (κ3) is 7.77. The van der Waals surface area contributed by atoms with Gasteiger partial charge in [-0.2, -0.15) is 0 Å². The van der Waals surface area contributed by atoms with E-state index in [-0.39, 0.29) is 12.2 Å². The number of ether oxygens (including phenoxy) is 3. The number of fused-ring (bicyclic) bond motifs is 1. The summed E-state index contributed by atoms with van der Waals surface area (Å²) in [5.41, 5.74) is 1.15. The van der Waals surface area contributed by atoms with Crippen LogP contribution in [0.25, 0.3) is 6.08 Å². The van der Waals surface area contributed by atoms with E-state index in [4.69, 9.17) is 14.2 Å². The van der Waals surface area contributed by atoms with E-state index in [1.54, 1.807) is 27.7 Å². The van der Waals surface area contributed by atoms with Crippen LogP contribution < -0.4 is 0 Å². The number of aryl methyl sites for hydroxylation is 1. The third-order valence-corrected chi connectivity index (χ3v) is 8.64. The van der Waals surface area contributed by atoms with Gasteiger partial charge in [-0.05, 0) is 44.8 Å². The van der Waals surface area contributed by atoms with Crippen LogP contribution in [-0.4, -0.2) is 63.6 Å². The highest BCUT2D eigenvalue weighted by Crippen LogP contribution is 2.34. The summed E-state index contributed by atoms with van der Waals surface area (Å²) in [4.78, 5) is 42.8. The van der Waals surface area contributed by atoms with Crippen LogP contribution in [0.2, 0.25) is 0 Å². The first-order valence-electron chi connectivity index (χ1n) is 13.4. The van der Waals surface area contributed by atoms with Gasteiger partial charge in [0.2, 0.25) is 0 Å². The molecule has 2 aliphatic rings. The minimum absolute atomic E-state index is 0.310. The number of nitrogens with zero attached hydrogens (tertiary/aromatic N) is 1. The number of hydrogen-bond donors (Lipinski definition) is 2. The second kappa shape index (κ2) is 12.7. The maximum absolute atomic E-state index is 13.4. The standard InChI is InChI=1S/C29H41NO8S/c1-15-8-9-21(16(2)11-20-14-39-19(5)30-20)36-25(32)13-24(31)29(6,7)27(34)18(4)26(33)17(3)12-23-22(10-15)37-28(35)38-23/h8,11,14,17-18,21-24,26,31,33H,9-10,12-13H2,1-7H3/b15-8-,16-11+/t17-,18+,21-,22?,23?,24-,26-/m0/s1. The van der Waals surface area contributed by atoms with E-state index in [0.29, 0.717) is 19.3 Å². The van der Waals surface area contributed by atoms with Crippen LogP contribution in [0.15, 0.2) is 22.6 Å². The number of aliphatic hydroxyl groups excluding tert-OH is 2. The number of cyclic esters (lactones) is 1. The van der Waals surface area contributed by atoms with Gasteiger partial charge in [0.25, 0.3) is 0 Å². The van der Waals surface area contributed by atoms with E-state index in [9.17, 15) is 24.6 Å². The monoisotopic (exact) mass is 563 g/mol. The lowest BCUT2D eigenvalue weighted by Gasteiger charge is -2.34. The molecule has 0 aromatic carbocycles. The molecule has 0 aliphatic carbocycles. The fraction of sp³-hybridized carbons (Fsp3) is 0.655. The Labute approximate surface area is 234 Å². The summed E-state index contributed by atoms with van der Waals surface area (Å²) >= 11 is 1.52. The van der Waals surface area contributed by atoms with Gasteiger partial charge in [-0.1, -0.05) is 39.3 Å². The molecule has 9 nitrogen and oxygen atoms in total. The summed E-state index contributed by atoms with van der Waals surface area (Å²) in [5, 5.41) is 24.8. The first-order valence-corrected chi connectivity index (χ1v) is 14.3. The minimum Gasteiger partial charge on any atom is -0.457 e. The van der Waals surface area contributed by atoms with Gasteiger partial charge in [0.05, 0.1) is 34.7 Å². The highest BCUT2D eigenvalue weighted by atomic mass is 32.1. The van der Waals surface area contributed by atoms with E-state index >= 15 is 0 Å². The highest BCUT2D eigenvalue weighted by Gasteiger charge is 2.44. The number of carbonyl (C=O) groups excluding carboxylic acids is 3. The van der Waals surface area contributed by atoms with E-state index in [1.807, 2.05) is 38.3 Å². The molecule has 0 saturated carbocycles. The van der Waals surface area contributed by atoms with Crippen molar-refractivity contribution in [2.75, 3.05) is 0 Å². The van der Waals surface area contributed by atoms with Gasteiger partial charge in [0.1, 0.15) is 24.1 Å². The number of esters is 1. The number of thiazole rings is 1. The van der Waals surface area contributed by atoms with Crippen LogP contribution in [0, 0.1) is 24.2 Å². The van der Waals surface area contributed by atoms with Crippen molar-refractivity contribution in [3.8, 4) is 0 Å². The predicted molar refractivity (Wildman–Crippen MR) is 147 cm³/mol. The smallest absolute Gasteiger partial charge is 0.457 e. The fourth-order valence-corrected chi connectivity index (χ4v) is 5.70. The molecule has 1 saturated heterocycles. The summed E-state index contributed by atoms with van der Waals surface area (Å²) in [7, 11) is 0. The van der Waals surface area contributed by atoms with Crippen molar-refractivity contribution < 1.29 is 38.8 Å². The van der Waals surface area contributed by atoms with Crippen molar-refractivity contribution in [3.05, 3.63) is 33.3 Å². The third-order valence-electron chi connectivity index (χ3n) is 7.85. The van der Waals surface area contributed by atoms with E-state index in [2.05, 4.69) is 4.98 Å². The summed E-state index contributed by atoms with van der Waals surface area (Å²) in [6, 6.07) is 0. The zero-order valence-corrected chi connectivity index (χ0v) is 24.6. The molecule has 39 heavy (non-hydrogen) atoms. The first kappa shape index (κ1) is 31.0. The molecule has 216 valence electrons. The SMILES string of the molecule is C/C1=C/C[C@@H](/C(C)=C/c2csc(C)n2)OC(=O)C[C@H](O)C(C)(C)C(=O)[C@H](C)[C@@H](O)[C@@H](C)CC2OC(=O)OC2C1. The van der Waals surface area contributed by atoms with Crippen molar-refractivity contribution in [1.29, 1.82) is 0 Å². The van der Waals surface area contributed by atoms with Crippen molar-refractivity contribution in [1.82, 2.24) is 4.98 Å².